The van der Waals surface area contributed by atoms with E-state index < -0.39 is 0 Å². The monoisotopic (exact) mass is 287 g/mol. The van der Waals surface area contributed by atoms with E-state index in [1.807, 2.05) is 18.4 Å². The quantitative estimate of drug-likeness (QED) is 0.915. The van der Waals surface area contributed by atoms with Crippen LogP contribution < -0.4 is 10.2 Å². The van der Waals surface area contributed by atoms with Crippen molar-refractivity contribution in [3.63, 3.8) is 0 Å². The second-order valence-electron chi connectivity index (χ2n) is 5.29. The zero-order valence-electron chi connectivity index (χ0n) is 12.1. The number of hydrogen-bond acceptors (Lipinski definition) is 4. The molecule has 0 amide bonds. The lowest BCUT2D eigenvalue weighted by molar-refractivity contribution is 0.576. The van der Waals surface area contributed by atoms with Crippen molar-refractivity contribution in [2.24, 2.45) is 0 Å². The van der Waals surface area contributed by atoms with Gasteiger partial charge in [0.25, 0.3) is 0 Å². The van der Waals surface area contributed by atoms with Gasteiger partial charge in [0.15, 0.2) is 0 Å². The van der Waals surface area contributed by atoms with Crippen molar-refractivity contribution in [1.82, 2.24) is 10.3 Å². The third-order valence-electron chi connectivity index (χ3n) is 3.90. The van der Waals surface area contributed by atoms with E-state index in [1.165, 1.54) is 16.3 Å². The number of rotatable bonds is 5. The Hall–Kier alpha value is -1.39. The second kappa shape index (κ2) is 5.94. The number of hydrogen-bond donors (Lipinski definition) is 1. The summed E-state index contributed by atoms with van der Waals surface area (Å²) in [6.45, 7) is 4.19. The van der Waals surface area contributed by atoms with E-state index in [0.29, 0.717) is 6.04 Å². The zero-order valence-corrected chi connectivity index (χ0v) is 12.9. The lowest BCUT2D eigenvalue weighted by Crippen LogP contribution is -2.28. The van der Waals surface area contributed by atoms with Gasteiger partial charge in [-0.2, -0.15) is 0 Å². The highest BCUT2D eigenvalue weighted by Gasteiger charge is 2.28. The Bertz CT molecular complexity index is 565. The van der Waals surface area contributed by atoms with Gasteiger partial charge in [0, 0.05) is 23.5 Å². The summed E-state index contributed by atoms with van der Waals surface area (Å²) >= 11 is 1.86. The molecular weight excluding hydrogens is 266 g/mol. The lowest BCUT2D eigenvalue weighted by atomic mass is 10.1. The second-order valence-corrected chi connectivity index (χ2v) is 6.26. The highest BCUT2D eigenvalue weighted by atomic mass is 32.1. The van der Waals surface area contributed by atoms with Crippen LogP contribution in [0.3, 0.4) is 0 Å². The molecule has 0 saturated heterocycles. The molecule has 1 aliphatic heterocycles. The number of nitrogens with one attached hydrogen (secondary N) is 1. The molecule has 0 radical (unpaired) electrons. The van der Waals surface area contributed by atoms with Crippen LogP contribution in [-0.2, 0) is 6.42 Å². The summed E-state index contributed by atoms with van der Waals surface area (Å²) in [5, 5.41) is 5.45. The number of fused-ring (bicyclic) bond motifs is 1. The first-order valence-electron chi connectivity index (χ1n) is 7.21. The van der Waals surface area contributed by atoms with Gasteiger partial charge in [-0.3, -0.25) is 4.98 Å². The molecule has 1 N–H and O–H groups in total. The van der Waals surface area contributed by atoms with Gasteiger partial charge in [-0.05, 0) is 50.5 Å². The Labute approximate surface area is 124 Å². The van der Waals surface area contributed by atoms with Gasteiger partial charge in [0.05, 0.1) is 17.4 Å². The van der Waals surface area contributed by atoms with Crippen molar-refractivity contribution in [3.8, 4) is 0 Å². The van der Waals surface area contributed by atoms with Crippen LogP contribution in [0.1, 0.15) is 28.7 Å². The predicted molar refractivity (Wildman–Crippen MR) is 85.6 cm³/mol. The summed E-state index contributed by atoms with van der Waals surface area (Å²) in [4.78, 5) is 8.68. The summed E-state index contributed by atoms with van der Waals surface area (Å²) in [5.74, 6) is 0. The summed E-state index contributed by atoms with van der Waals surface area (Å²) in [5.41, 5.74) is 3.70. The fourth-order valence-electron chi connectivity index (χ4n) is 2.93. The Balaban J connectivity index is 1.90. The summed E-state index contributed by atoms with van der Waals surface area (Å²) in [6, 6.07) is 9.24. The number of aromatic nitrogens is 1. The van der Waals surface area contributed by atoms with Crippen molar-refractivity contribution < 1.29 is 0 Å². The number of thiophene rings is 1. The Morgan fingerprint density at radius 3 is 3.05 bits per heavy atom. The minimum atomic E-state index is 0.466. The van der Waals surface area contributed by atoms with E-state index in [0.717, 1.165) is 31.6 Å². The van der Waals surface area contributed by atoms with Crippen LogP contribution in [0.4, 0.5) is 5.69 Å². The first-order valence-corrected chi connectivity index (χ1v) is 8.08. The molecular formula is C16H21N3S. The molecule has 106 valence electrons. The maximum absolute atomic E-state index is 4.69. The van der Waals surface area contributed by atoms with Gasteiger partial charge in [-0.25, -0.2) is 0 Å². The number of nitrogens with zero attached hydrogens (tertiary/aromatic N) is 2. The molecule has 3 nitrogen and oxygen atoms in total. The van der Waals surface area contributed by atoms with Gasteiger partial charge in [0.1, 0.15) is 0 Å². The first-order chi connectivity index (χ1) is 9.79. The lowest BCUT2D eigenvalue weighted by Gasteiger charge is -2.29. The van der Waals surface area contributed by atoms with Gasteiger partial charge in [0.2, 0.25) is 0 Å². The maximum atomic E-state index is 4.69. The molecule has 1 atom stereocenters. The molecule has 0 bridgehead atoms. The molecule has 3 rings (SSSR count). The molecule has 4 heteroatoms. The molecule has 0 saturated carbocycles. The summed E-state index contributed by atoms with van der Waals surface area (Å²) < 4.78 is 0. The number of pyridine rings is 1. The van der Waals surface area contributed by atoms with Crippen LogP contribution in [0.15, 0.2) is 29.6 Å². The predicted octanol–water partition coefficient (Wildman–Crippen LogP) is 3.16. The van der Waals surface area contributed by atoms with Gasteiger partial charge >= 0.3 is 0 Å². The summed E-state index contributed by atoms with van der Waals surface area (Å²) in [6.07, 6.45) is 2.20. The third kappa shape index (κ3) is 2.58. The van der Waals surface area contributed by atoms with Crippen molar-refractivity contribution in [2.45, 2.75) is 25.8 Å². The molecule has 0 aromatic carbocycles. The Kier molecular flexibility index (Phi) is 4.03. The molecule has 20 heavy (non-hydrogen) atoms. The summed E-state index contributed by atoms with van der Waals surface area (Å²) in [7, 11) is 2.02. The minimum absolute atomic E-state index is 0.466. The average Bonchev–Trinajstić information content (AvgIpc) is 3.09. The van der Waals surface area contributed by atoms with Crippen molar-refractivity contribution in [3.05, 3.63) is 45.9 Å². The molecule has 3 heterocycles. The molecule has 2 aromatic heterocycles. The van der Waals surface area contributed by atoms with Crippen LogP contribution in [0.25, 0.3) is 0 Å². The van der Waals surface area contributed by atoms with Gasteiger partial charge in [-0.15, -0.1) is 11.3 Å². The van der Waals surface area contributed by atoms with Crippen LogP contribution in [0, 0.1) is 6.92 Å². The largest absolute Gasteiger partial charge is 0.362 e. The maximum Gasteiger partial charge on any atom is 0.0657 e. The van der Waals surface area contributed by atoms with E-state index in [1.54, 1.807) is 0 Å². The van der Waals surface area contributed by atoms with E-state index in [-0.39, 0.29) is 0 Å². The topological polar surface area (TPSA) is 28.2 Å². The smallest absolute Gasteiger partial charge is 0.0657 e. The fraction of sp³-hybridized carbons (Fsp3) is 0.438. The normalized spacial score (nSPS) is 15.4. The highest BCUT2D eigenvalue weighted by Crippen LogP contribution is 2.37. The Morgan fingerprint density at radius 1 is 1.40 bits per heavy atom. The molecule has 1 aliphatic rings. The van der Waals surface area contributed by atoms with Gasteiger partial charge in [-0.1, -0.05) is 6.07 Å². The van der Waals surface area contributed by atoms with Gasteiger partial charge < -0.3 is 10.2 Å². The van der Waals surface area contributed by atoms with E-state index in [9.17, 15) is 0 Å². The molecule has 0 spiro atoms. The molecule has 2 aromatic rings. The zero-order chi connectivity index (χ0) is 13.9. The number of aryl methyl sites for hydroxylation is 1. The fourth-order valence-corrected chi connectivity index (χ4v) is 3.81. The molecule has 0 fully saturated rings. The third-order valence-corrected chi connectivity index (χ3v) is 4.88. The van der Waals surface area contributed by atoms with E-state index in [2.05, 4.69) is 46.8 Å². The van der Waals surface area contributed by atoms with E-state index >= 15 is 0 Å². The molecule has 1 unspecified atom stereocenters. The Morgan fingerprint density at radius 2 is 2.30 bits per heavy atom. The SMILES string of the molecule is CNCCC(c1cccs1)N1CCc2nc(C)ccc21. The van der Waals surface area contributed by atoms with Crippen molar-refractivity contribution >= 4 is 17.0 Å². The first kappa shape index (κ1) is 13.6. The van der Waals surface area contributed by atoms with Crippen molar-refractivity contribution in [2.75, 3.05) is 25.0 Å². The van der Waals surface area contributed by atoms with Crippen LogP contribution in [0.2, 0.25) is 0 Å². The highest BCUT2D eigenvalue weighted by molar-refractivity contribution is 7.10. The van der Waals surface area contributed by atoms with Crippen LogP contribution in [-0.4, -0.2) is 25.1 Å². The number of anilines is 1. The van der Waals surface area contributed by atoms with E-state index in [4.69, 9.17) is 4.98 Å². The minimum Gasteiger partial charge on any atom is -0.362 e. The van der Waals surface area contributed by atoms with Crippen LogP contribution >= 0.6 is 11.3 Å². The van der Waals surface area contributed by atoms with Crippen LogP contribution in [0.5, 0.6) is 0 Å². The van der Waals surface area contributed by atoms with Crippen molar-refractivity contribution in [1.29, 1.82) is 0 Å². The molecule has 0 aliphatic carbocycles. The average molecular weight is 287 g/mol. The standard InChI is InChI=1S/C16H21N3S/c1-12-5-6-14-13(18-12)8-10-19(14)15(7-9-17-2)16-4-3-11-20-16/h3-6,11,15,17H,7-10H2,1-2H3.